The maximum Gasteiger partial charge on any atom is 0.0542 e. The molecule has 58 heavy (non-hydrogen) atoms. The summed E-state index contributed by atoms with van der Waals surface area (Å²) < 4.78 is 4.88. The van der Waals surface area contributed by atoms with Crippen LogP contribution in [0.4, 0.5) is 0 Å². The van der Waals surface area contributed by atoms with Gasteiger partial charge in [-0.25, -0.2) is 0 Å². The third-order valence-electron chi connectivity index (χ3n) is 11.4. The van der Waals surface area contributed by atoms with Gasteiger partial charge in [-0.05, 0) is 81.7 Å². The number of hydrogen-bond donors (Lipinski definition) is 0. The minimum atomic E-state index is 0.278. The first-order chi connectivity index (χ1) is 28.8. The van der Waals surface area contributed by atoms with Gasteiger partial charge in [-0.3, -0.25) is 0 Å². The van der Waals surface area contributed by atoms with Crippen molar-refractivity contribution in [1.29, 1.82) is 0 Å². The van der Waals surface area contributed by atoms with E-state index in [1.54, 1.807) is 0 Å². The molecule has 278 valence electrons. The second-order valence-electron chi connectivity index (χ2n) is 14.6. The Morgan fingerprint density at radius 2 is 0.879 bits per heavy atom. The zero-order valence-electron chi connectivity index (χ0n) is 32.7. The molecule has 2 unspecified atom stereocenters. The summed E-state index contributed by atoms with van der Waals surface area (Å²) in [4.78, 5) is 0. The summed E-state index contributed by atoms with van der Waals surface area (Å²) in [5.41, 5.74) is 15.0. The maximum absolute atomic E-state index is 2.47. The minimum absolute atomic E-state index is 0.278. The molecule has 2 nitrogen and oxygen atoms in total. The van der Waals surface area contributed by atoms with Crippen molar-refractivity contribution in [3.8, 4) is 22.5 Å². The third kappa shape index (κ3) is 6.18. The standard InChI is InChI=1S/C53H37N2P.C2H6/c1-3-15-36(16-4-1)40-33-52(38-17-5-2-6-18-38)56-53(34-40)39-29-27-37(28-30-39)46-35-41(54-47-23-11-7-19-42(47)43-20-8-12-24-48(43)54)31-32-51(46)55-49-25-13-9-21-44(49)45-22-10-14-26-50(45)55;1-2/h1-35,53,56H;1-2H3. The highest BCUT2D eigenvalue weighted by Gasteiger charge is 2.21. The number of rotatable bonds is 6. The Bertz CT molecular complexity index is 3040. The average Bonchev–Trinajstić information content (AvgIpc) is 3.83. The molecular weight excluding hydrogens is 720 g/mol. The van der Waals surface area contributed by atoms with E-state index in [1.165, 1.54) is 88.0 Å². The molecule has 8 aromatic carbocycles. The molecule has 10 aromatic rings. The molecule has 0 saturated carbocycles. The third-order valence-corrected chi connectivity index (χ3v) is 12.9. The summed E-state index contributed by atoms with van der Waals surface area (Å²) in [6.45, 7) is 4.00. The van der Waals surface area contributed by atoms with Crippen molar-refractivity contribution in [3.63, 3.8) is 0 Å². The number of fused-ring (bicyclic) bond motifs is 6. The molecular formula is C55H43N2P. The van der Waals surface area contributed by atoms with Crippen LogP contribution in [0.25, 0.3) is 77.0 Å². The highest BCUT2D eigenvalue weighted by Crippen LogP contribution is 2.52. The van der Waals surface area contributed by atoms with Gasteiger partial charge in [0, 0.05) is 38.5 Å². The van der Waals surface area contributed by atoms with E-state index in [4.69, 9.17) is 0 Å². The number of aromatic nitrogens is 2. The van der Waals surface area contributed by atoms with E-state index in [9.17, 15) is 0 Å². The number of hydrogen-bond acceptors (Lipinski definition) is 0. The van der Waals surface area contributed by atoms with Crippen molar-refractivity contribution in [2.75, 3.05) is 0 Å². The van der Waals surface area contributed by atoms with Crippen molar-refractivity contribution in [2.45, 2.75) is 19.5 Å². The largest absolute Gasteiger partial charge is 0.309 e. The van der Waals surface area contributed by atoms with Gasteiger partial charge in [0.05, 0.1) is 27.8 Å². The summed E-state index contributed by atoms with van der Waals surface area (Å²) in [7, 11) is 0.631. The van der Waals surface area contributed by atoms with Gasteiger partial charge in [0.1, 0.15) is 0 Å². The van der Waals surface area contributed by atoms with Gasteiger partial charge in [-0.1, -0.05) is 186 Å². The van der Waals surface area contributed by atoms with E-state index < -0.39 is 0 Å². The Kier molecular flexibility index (Phi) is 9.42. The first-order valence-corrected chi connectivity index (χ1v) is 21.4. The van der Waals surface area contributed by atoms with E-state index in [1.807, 2.05) is 13.8 Å². The van der Waals surface area contributed by atoms with Crippen LogP contribution in [0.3, 0.4) is 0 Å². The van der Waals surface area contributed by atoms with Gasteiger partial charge in [0.25, 0.3) is 0 Å². The van der Waals surface area contributed by atoms with Crippen LogP contribution < -0.4 is 0 Å². The quantitative estimate of drug-likeness (QED) is 0.149. The number of nitrogens with zero attached hydrogens (tertiary/aromatic N) is 2. The predicted octanol–water partition coefficient (Wildman–Crippen LogP) is 15.4. The van der Waals surface area contributed by atoms with Crippen LogP contribution in [0.15, 0.2) is 212 Å². The number of allylic oxidation sites excluding steroid dienone is 3. The lowest BCUT2D eigenvalue weighted by atomic mass is 9.97. The Morgan fingerprint density at radius 1 is 0.414 bits per heavy atom. The highest BCUT2D eigenvalue weighted by atomic mass is 31.1. The lowest BCUT2D eigenvalue weighted by Gasteiger charge is -2.24. The summed E-state index contributed by atoms with van der Waals surface area (Å²) in [6.07, 6.45) is 4.87. The van der Waals surface area contributed by atoms with Crippen LogP contribution in [-0.4, -0.2) is 9.13 Å². The number of para-hydroxylation sites is 4. The average molecular weight is 763 g/mol. The fourth-order valence-electron chi connectivity index (χ4n) is 8.75. The van der Waals surface area contributed by atoms with E-state index in [-0.39, 0.29) is 5.66 Å². The Hall–Kier alpha value is -6.73. The fourth-order valence-corrected chi connectivity index (χ4v) is 10.3. The first kappa shape index (κ1) is 35.7. The molecule has 2 atom stereocenters. The van der Waals surface area contributed by atoms with Crippen molar-refractivity contribution in [1.82, 2.24) is 9.13 Å². The number of benzene rings is 8. The highest BCUT2D eigenvalue weighted by molar-refractivity contribution is 7.51. The predicted molar refractivity (Wildman–Crippen MR) is 252 cm³/mol. The monoisotopic (exact) mass is 762 g/mol. The molecule has 1 aliphatic heterocycles. The van der Waals surface area contributed by atoms with Gasteiger partial charge in [-0.2, -0.15) is 0 Å². The van der Waals surface area contributed by atoms with Gasteiger partial charge < -0.3 is 9.13 Å². The molecule has 1 aliphatic rings. The van der Waals surface area contributed by atoms with Crippen LogP contribution in [0, 0.1) is 0 Å². The van der Waals surface area contributed by atoms with E-state index in [0.29, 0.717) is 8.58 Å². The summed E-state index contributed by atoms with van der Waals surface area (Å²) in [6, 6.07) is 73.2. The molecule has 0 radical (unpaired) electrons. The lowest BCUT2D eigenvalue weighted by Crippen LogP contribution is -2.01. The molecule has 3 heteroatoms. The molecule has 0 N–H and O–H groups in total. The molecule has 0 saturated heterocycles. The van der Waals surface area contributed by atoms with Crippen molar-refractivity contribution in [3.05, 3.63) is 229 Å². The zero-order valence-corrected chi connectivity index (χ0v) is 33.7. The van der Waals surface area contributed by atoms with Crippen LogP contribution in [-0.2, 0) is 0 Å². The normalized spacial score (nSPS) is 14.4. The molecule has 0 aliphatic carbocycles. The summed E-state index contributed by atoms with van der Waals surface area (Å²) in [5.74, 6) is 0. The van der Waals surface area contributed by atoms with Gasteiger partial charge >= 0.3 is 0 Å². The Morgan fingerprint density at radius 3 is 1.41 bits per heavy atom. The van der Waals surface area contributed by atoms with Crippen LogP contribution >= 0.6 is 8.58 Å². The Balaban J connectivity index is 0.00000201. The van der Waals surface area contributed by atoms with Crippen LogP contribution in [0.2, 0.25) is 0 Å². The molecule has 3 heterocycles. The fraction of sp³-hybridized carbons (Fsp3) is 0.0545. The van der Waals surface area contributed by atoms with E-state index >= 15 is 0 Å². The molecule has 0 fully saturated rings. The zero-order chi connectivity index (χ0) is 39.0. The van der Waals surface area contributed by atoms with Crippen molar-refractivity contribution < 1.29 is 0 Å². The minimum Gasteiger partial charge on any atom is -0.309 e. The second-order valence-corrected chi connectivity index (χ2v) is 16.0. The molecule has 0 amide bonds. The van der Waals surface area contributed by atoms with Crippen molar-refractivity contribution >= 4 is 63.1 Å². The molecule has 0 bridgehead atoms. The molecule has 11 rings (SSSR count). The van der Waals surface area contributed by atoms with Crippen LogP contribution in [0.1, 0.15) is 36.2 Å². The topological polar surface area (TPSA) is 9.86 Å². The second kappa shape index (κ2) is 15.3. The van der Waals surface area contributed by atoms with E-state index in [2.05, 4.69) is 221 Å². The smallest absolute Gasteiger partial charge is 0.0542 e. The van der Waals surface area contributed by atoms with Crippen molar-refractivity contribution in [2.24, 2.45) is 0 Å². The van der Waals surface area contributed by atoms with Gasteiger partial charge in [0.2, 0.25) is 0 Å². The van der Waals surface area contributed by atoms with E-state index in [0.717, 1.165) is 5.69 Å². The Labute approximate surface area is 341 Å². The van der Waals surface area contributed by atoms with Gasteiger partial charge in [-0.15, -0.1) is 0 Å². The maximum atomic E-state index is 2.47. The molecule has 0 spiro atoms. The van der Waals surface area contributed by atoms with Gasteiger partial charge in [0.15, 0.2) is 0 Å². The first-order valence-electron chi connectivity index (χ1n) is 20.3. The van der Waals surface area contributed by atoms with Crippen LogP contribution in [0.5, 0.6) is 0 Å². The summed E-state index contributed by atoms with van der Waals surface area (Å²) >= 11 is 0. The molecule has 2 aromatic heterocycles. The lowest BCUT2D eigenvalue weighted by molar-refractivity contribution is 1.15. The SMILES string of the molecule is C1=C(c2ccccc2)C=C(c2ccccc2)PC1c1ccc(-c2cc(-n3c4ccccc4c4ccccc43)ccc2-n2c3ccccc3c3ccccc32)cc1.CC. The summed E-state index contributed by atoms with van der Waals surface area (Å²) in [5, 5.41) is 6.45.